The SMILES string of the molecule is Cc1nccc(B2OC(C)(C)C(C)(C)O2)c1C1(O)CC1. The third-order valence-electron chi connectivity index (χ3n) is 4.87. The first kappa shape index (κ1) is 14.0. The molecule has 3 rings (SSSR count). The second-order valence-corrected chi connectivity index (χ2v) is 6.98. The molecule has 108 valence electrons. The monoisotopic (exact) mass is 275 g/mol. The van der Waals surface area contributed by atoms with Crippen molar-refractivity contribution in [2.45, 2.75) is 64.3 Å². The summed E-state index contributed by atoms with van der Waals surface area (Å²) in [6, 6.07) is 1.90. The number of pyridine rings is 1. The van der Waals surface area contributed by atoms with Crippen LogP contribution < -0.4 is 5.46 Å². The van der Waals surface area contributed by atoms with Crippen molar-refractivity contribution >= 4 is 12.6 Å². The quantitative estimate of drug-likeness (QED) is 0.834. The van der Waals surface area contributed by atoms with Gasteiger partial charge in [-0.15, -0.1) is 0 Å². The maximum absolute atomic E-state index is 10.5. The van der Waals surface area contributed by atoms with Crippen molar-refractivity contribution in [3.05, 3.63) is 23.5 Å². The van der Waals surface area contributed by atoms with E-state index in [0.717, 1.165) is 29.6 Å². The molecule has 1 N–H and O–H groups in total. The van der Waals surface area contributed by atoms with E-state index in [0.29, 0.717) is 0 Å². The normalized spacial score (nSPS) is 25.8. The highest BCUT2D eigenvalue weighted by Gasteiger charge is 2.54. The average Bonchev–Trinajstić information content (AvgIpc) is 3.00. The summed E-state index contributed by atoms with van der Waals surface area (Å²) in [5.74, 6) is 0. The Morgan fingerprint density at radius 3 is 2.20 bits per heavy atom. The van der Waals surface area contributed by atoms with Gasteiger partial charge in [-0.05, 0) is 59.0 Å². The number of aryl methyl sites for hydroxylation is 1. The maximum atomic E-state index is 10.5. The Morgan fingerprint density at radius 1 is 1.15 bits per heavy atom. The van der Waals surface area contributed by atoms with Crippen LogP contribution in [0.25, 0.3) is 0 Å². The number of nitrogens with zero attached hydrogens (tertiary/aromatic N) is 1. The molecule has 1 aromatic heterocycles. The van der Waals surface area contributed by atoms with Crippen molar-refractivity contribution in [1.29, 1.82) is 0 Å². The van der Waals surface area contributed by atoms with Gasteiger partial charge >= 0.3 is 7.12 Å². The second-order valence-electron chi connectivity index (χ2n) is 6.98. The van der Waals surface area contributed by atoms with Crippen LogP contribution >= 0.6 is 0 Å². The highest BCUT2D eigenvalue weighted by molar-refractivity contribution is 6.62. The molecule has 0 unspecified atom stereocenters. The zero-order chi connectivity index (χ0) is 14.8. The lowest BCUT2D eigenvalue weighted by molar-refractivity contribution is 0.00578. The summed E-state index contributed by atoms with van der Waals surface area (Å²) in [5.41, 5.74) is 1.17. The van der Waals surface area contributed by atoms with E-state index in [9.17, 15) is 5.11 Å². The smallest absolute Gasteiger partial charge is 0.399 e. The molecule has 1 saturated carbocycles. The van der Waals surface area contributed by atoms with Crippen molar-refractivity contribution in [2.24, 2.45) is 0 Å². The molecule has 5 heteroatoms. The maximum Gasteiger partial charge on any atom is 0.495 e. The van der Waals surface area contributed by atoms with Crippen molar-refractivity contribution in [3.8, 4) is 0 Å². The van der Waals surface area contributed by atoms with Crippen molar-refractivity contribution in [3.63, 3.8) is 0 Å². The fourth-order valence-electron chi connectivity index (χ4n) is 2.73. The van der Waals surface area contributed by atoms with Crippen molar-refractivity contribution in [1.82, 2.24) is 4.98 Å². The Balaban J connectivity index is 2.03. The zero-order valence-corrected chi connectivity index (χ0v) is 12.9. The van der Waals surface area contributed by atoms with Gasteiger partial charge in [-0.3, -0.25) is 4.98 Å². The number of rotatable bonds is 2. The van der Waals surface area contributed by atoms with Crippen LogP contribution in [0.3, 0.4) is 0 Å². The van der Waals surface area contributed by atoms with Gasteiger partial charge in [-0.25, -0.2) is 0 Å². The number of aromatic nitrogens is 1. The minimum absolute atomic E-state index is 0.377. The lowest BCUT2D eigenvalue weighted by Crippen LogP contribution is -2.41. The molecule has 1 aromatic rings. The summed E-state index contributed by atoms with van der Waals surface area (Å²) in [5, 5.41) is 10.5. The lowest BCUT2D eigenvalue weighted by Gasteiger charge is -2.32. The van der Waals surface area contributed by atoms with Crippen LogP contribution in [-0.4, -0.2) is 28.4 Å². The molecule has 0 bridgehead atoms. The minimum Gasteiger partial charge on any atom is -0.399 e. The molecule has 4 nitrogen and oxygen atoms in total. The fraction of sp³-hybridized carbons (Fsp3) is 0.667. The van der Waals surface area contributed by atoms with Gasteiger partial charge in [0.15, 0.2) is 0 Å². The zero-order valence-electron chi connectivity index (χ0n) is 12.9. The van der Waals surface area contributed by atoms with Crippen molar-refractivity contribution < 1.29 is 14.4 Å². The lowest BCUT2D eigenvalue weighted by atomic mass is 9.74. The molecule has 1 aliphatic heterocycles. The van der Waals surface area contributed by atoms with Crippen LogP contribution in [0, 0.1) is 6.92 Å². The van der Waals surface area contributed by atoms with E-state index in [-0.39, 0.29) is 11.2 Å². The molecular formula is C15H22BNO3. The first-order chi connectivity index (χ1) is 9.16. The highest BCUT2D eigenvalue weighted by atomic mass is 16.7. The van der Waals surface area contributed by atoms with Gasteiger partial charge in [-0.1, -0.05) is 0 Å². The summed E-state index contributed by atoms with van der Waals surface area (Å²) < 4.78 is 12.2. The summed E-state index contributed by atoms with van der Waals surface area (Å²) in [6.07, 6.45) is 3.32. The Bertz CT molecular complexity index is 536. The molecule has 1 saturated heterocycles. The summed E-state index contributed by atoms with van der Waals surface area (Å²) in [6.45, 7) is 10.1. The van der Waals surface area contributed by atoms with E-state index in [2.05, 4.69) is 4.98 Å². The van der Waals surface area contributed by atoms with Gasteiger partial charge in [0.1, 0.15) is 0 Å². The molecule has 2 fully saturated rings. The molecule has 1 aliphatic carbocycles. The molecule has 20 heavy (non-hydrogen) atoms. The molecule has 2 aliphatic rings. The highest BCUT2D eigenvalue weighted by Crippen LogP contribution is 2.46. The third kappa shape index (κ3) is 2.00. The van der Waals surface area contributed by atoms with Gasteiger partial charge in [0.2, 0.25) is 0 Å². The van der Waals surface area contributed by atoms with Crippen LogP contribution in [0.4, 0.5) is 0 Å². The number of hydrogen-bond donors (Lipinski definition) is 1. The Kier molecular flexibility index (Phi) is 2.85. The van der Waals surface area contributed by atoms with Gasteiger partial charge in [0.25, 0.3) is 0 Å². The van der Waals surface area contributed by atoms with Crippen LogP contribution in [0.1, 0.15) is 51.8 Å². The Morgan fingerprint density at radius 2 is 1.70 bits per heavy atom. The van der Waals surface area contributed by atoms with E-state index in [4.69, 9.17) is 9.31 Å². The van der Waals surface area contributed by atoms with Gasteiger partial charge in [0, 0.05) is 17.5 Å². The third-order valence-corrected chi connectivity index (χ3v) is 4.87. The van der Waals surface area contributed by atoms with Crippen LogP contribution in [0.5, 0.6) is 0 Å². The Labute approximate surface area is 120 Å². The van der Waals surface area contributed by atoms with E-state index in [1.54, 1.807) is 6.20 Å². The van der Waals surface area contributed by atoms with Crippen molar-refractivity contribution in [2.75, 3.05) is 0 Å². The summed E-state index contributed by atoms with van der Waals surface area (Å²) in [4.78, 5) is 4.32. The molecule has 0 amide bonds. The van der Waals surface area contributed by atoms with E-state index >= 15 is 0 Å². The molecule has 0 atom stereocenters. The Hall–Kier alpha value is -0.905. The molecule has 0 spiro atoms. The predicted molar refractivity (Wildman–Crippen MR) is 77.8 cm³/mol. The van der Waals surface area contributed by atoms with Gasteiger partial charge in [0.05, 0.1) is 16.8 Å². The second kappa shape index (κ2) is 4.06. The van der Waals surface area contributed by atoms with Crippen LogP contribution in [-0.2, 0) is 14.9 Å². The van der Waals surface area contributed by atoms with Gasteiger partial charge in [-0.2, -0.15) is 0 Å². The van der Waals surface area contributed by atoms with E-state index in [1.165, 1.54) is 0 Å². The predicted octanol–water partition coefficient (Wildman–Crippen LogP) is 1.67. The van der Waals surface area contributed by atoms with E-state index in [1.807, 2.05) is 40.7 Å². The average molecular weight is 275 g/mol. The van der Waals surface area contributed by atoms with Gasteiger partial charge < -0.3 is 14.4 Å². The topological polar surface area (TPSA) is 51.6 Å². The minimum atomic E-state index is -0.739. The fourth-order valence-corrected chi connectivity index (χ4v) is 2.73. The van der Waals surface area contributed by atoms with E-state index < -0.39 is 12.7 Å². The first-order valence-corrected chi connectivity index (χ1v) is 7.20. The summed E-state index contributed by atoms with van der Waals surface area (Å²) in [7, 11) is -0.443. The van der Waals surface area contributed by atoms with Crippen LogP contribution in [0.15, 0.2) is 12.3 Å². The molecule has 0 aromatic carbocycles. The number of hydrogen-bond acceptors (Lipinski definition) is 4. The standard InChI is InChI=1S/C15H22BNO3/c1-10-12(15(18)7-8-15)11(6-9-17-10)16-19-13(2,3)14(4,5)20-16/h6,9,18H,7-8H2,1-5H3. The van der Waals surface area contributed by atoms with Crippen LogP contribution in [0.2, 0.25) is 0 Å². The summed E-state index contributed by atoms with van der Waals surface area (Å²) >= 11 is 0. The first-order valence-electron chi connectivity index (χ1n) is 7.20. The largest absolute Gasteiger partial charge is 0.495 e. The molecular weight excluding hydrogens is 253 g/mol. The number of aliphatic hydroxyl groups is 1. The molecule has 0 radical (unpaired) electrons. The molecule has 2 heterocycles.